The summed E-state index contributed by atoms with van der Waals surface area (Å²) in [5.74, 6) is -0.441. The number of hydrogen-bond donors (Lipinski definition) is 2. The first-order valence-electron chi connectivity index (χ1n) is 7.54. The van der Waals surface area contributed by atoms with Gasteiger partial charge in [-0.3, -0.25) is 14.3 Å². The van der Waals surface area contributed by atoms with Crippen LogP contribution in [0.2, 0.25) is 5.02 Å². The number of anilines is 3. The third-order valence-corrected chi connectivity index (χ3v) is 5.23. The van der Waals surface area contributed by atoms with E-state index in [0.717, 1.165) is 0 Å². The molecule has 2 amide bonds. The van der Waals surface area contributed by atoms with Gasteiger partial charge in [0, 0.05) is 32.3 Å². The number of rotatable bonds is 5. The van der Waals surface area contributed by atoms with Crippen molar-refractivity contribution in [1.82, 2.24) is 0 Å². The molecule has 0 saturated carbocycles. The van der Waals surface area contributed by atoms with Gasteiger partial charge in [-0.2, -0.15) is 0 Å². The van der Waals surface area contributed by atoms with Crippen molar-refractivity contribution in [2.75, 3.05) is 22.0 Å². The molecule has 0 saturated heterocycles. The molecule has 138 valence electrons. The quantitative estimate of drug-likeness (QED) is 0.813. The zero-order valence-corrected chi connectivity index (χ0v) is 16.0. The van der Waals surface area contributed by atoms with Crippen LogP contribution in [0.3, 0.4) is 0 Å². The third-order valence-electron chi connectivity index (χ3n) is 3.54. The minimum atomic E-state index is -3.86. The number of sulfonamides is 1. The number of amides is 2. The van der Waals surface area contributed by atoms with Gasteiger partial charge in [0.2, 0.25) is 11.8 Å². The van der Waals surface area contributed by atoms with Gasteiger partial charge in [-0.1, -0.05) is 11.6 Å². The van der Waals surface area contributed by atoms with Crippen molar-refractivity contribution in [3.63, 3.8) is 0 Å². The van der Waals surface area contributed by atoms with Crippen molar-refractivity contribution >= 4 is 50.5 Å². The van der Waals surface area contributed by atoms with Crippen LogP contribution >= 0.6 is 11.6 Å². The molecule has 2 aromatic carbocycles. The van der Waals surface area contributed by atoms with E-state index in [2.05, 4.69) is 10.0 Å². The molecule has 0 unspecified atom stereocenters. The van der Waals surface area contributed by atoms with Gasteiger partial charge in [-0.05, 0) is 42.5 Å². The summed E-state index contributed by atoms with van der Waals surface area (Å²) >= 11 is 6.02. The number of carbonyl (C=O) groups is 2. The second-order valence-electron chi connectivity index (χ2n) is 5.55. The second kappa shape index (κ2) is 7.76. The Labute approximate surface area is 157 Å². The van der Waals surface area contributed by atoms with E-state index < -0.39 is 10.0 Å². The van der Waals surface area contributed by atoms with Gasteiger partial charge in [-0.25, -0.2) is 8.42 Å². The van der Waals surface area contributed by atoms with E-state index in [0.29, 0.717) is 17.1 Å². The highest BCUT2D eigenvalue weighted by molar-refractivity contribution is 7.92. The molecule has 0 radical (unpaired) electrons. The lowest BCUT2D eigenvalue weighted by Gasteiger charge is -2.16. The molecule has 0 bridgehead atoms. The molecule has 26 heavy (non-hydrogen) atoms. The molecule has 0 aromatic heterocycles. The first-order valence-corrected chi connectivity index (χ1v) is 9.40. The summed E-state index contributed by atoms with van der Waals surface area (Å²) in [6, 6.07) is 10.4. The van der Waals surface area contributed by atoms with Crippen LogP contribution < -0.4 is 14.9 Å². The standard InChI is InChI=1S/C17H18ClN3O4S/c1-11(22)19-17-9-8-15(10-16(17)18)26(24,25)20-13-4-6-14(7-5-13)21(3)12(2)23/h4-10,20H,1-3H3,(H,19,22). The van der Waals surface area contributed by atoms with Gasteiger partial charge < -0.3 is 10.2 Å². The predicted molar refractivity (Wildman–Crippen MR) is 102 cm³/mol. The Morgan fingerprint density at radius 3 is 2.15 bits per heavy atom. The highest BCUT2D eigenvalue weighted by Crippen LogP contribution is 2.27. The minimum absolute atomic E-state index is 0.0402. The fraction of sp³-hybridized carbons (Fsp3) is 0.176. The maximum atomic E-state index is 12.5. The third kappa shape index (κ3) is 4.74. The molecule has 2 N–H and O–H groups in total. The highest BCUT2D eigenvalue weighted by atomic mass is 35.5. The van der Waals surface area contributed by atoms with Crippen molar-refractivity contribution in [3.8, 4) is 0 Å². The largest absolute Gasteiger partial charge is 0.325 e. The van der Waals surface area contributed by atoms with Crippen LogP contribution in [0.1, 0.15) is 13.8 Å². The number of hydrogen-bond acceptors (Lipinski definition) is 4. The molecular formula is C17H18ClN3O4S. The number of nitrogens with one attached hydrogen (secondary N) is 2. The van der Waals surface area contributed by atoms with Crippen LogP contribution in [0.25, 0.3) is 0 Å². The first kappa shape index (κ1) is 19.7. The van der Waals surface area contributed by atoms with Gasteiger partial charge in [0.1, 0.15) is 0 Å². The topological polar surface area (TPSA) is 95.6 Å². The maximum Gasteiger partial charge on any atom is 0.261 e. The summed E-state index contributed by atoms with van der Waals surface area (Å²) in [5.41, 5.74) is 1.31. The van der Waals surface area contributed by atoms with E-state index in [4.69, 9.17) is 11.6 Å². The maximum absolute atomic E-state index is 12.5. The fourth-order valence-electron chi connectivity index (χ4n) is 2.10. The van der Waals surface area contributed by atoms with E-state index in [1.54, 1.807) is 31.3 Å². The summed E-state index contributed by atoms with van der Waals surface area (Å²) in [6.07, 6.45) is 0. The van der Waals surface area contributed by atoms with E-state index in [1.807, 2.05) is 0 Å². The summed E-state index contributed by atoms with van der Waals surface area (Å²) < 4.78 is 27.4. The van der Waals surface area contributed by atoms with Crippen LogP contribution in [-0.4, -0.2) is 27.3 Å². The predicted octanol–water partition coefficient (Wildman–Crippen LogP) is 3.08. The van der Waals surface area contributed by atoms with Crippen molar-refractivity contribution in [1.29, 1.82) is 0 Å². The summed E-state index contributed by atoms with van der Waals surface area (Å²) in [4.78, 5) is 23.8. The number of carbonyl (C=O) groups excluding carboxylic acids is 2. The molecule has 0 aliphatic heterocycles. The van der Waals surface area contributed by atoms with Crippen molar-refractivity contribution in [2.45, 2.75) is 18.7 Å². The van der Waals surface area contributed by atoms with E-state index in [-0.39, 0.29) is 21.7 Å². The highest BCUT2D eigenvalue weighted by Gasteiger charge is 2.16. The molecule has 2 rings (SSSR count). The Balaban J connectivity index is 2.22. The van der Waals surface area contributed by atoms with Crippen LogP contribution in [0.15, 0.2) is 47.4 Å². The second-order valence-corrected chi connectivity index (χ2v) is 7.64. The lowest BCUT2D eigenvalue weighted by molar-refractivity contribution is -0.116. The molecule has 0 atom stereocenters. The lowest BCUT2D eigenvalue weighted by atomic mass is 10.2. The van der Waals surface area contributed by atoms with Crippen LogP contribution in [0.5, 0.6) is 0 Å². The van der Waals surface area contributed by atoms with Crippen LogP contribution in [-0.2, 0) is 19.6 Å². The van der Waals surface area contributed by atoms with E-state index in [9.17, 15) is 18.0 Å². The van der Waals surface area contributed by atoms with E-state index >= 15 is 0 Å². The monoisotopic (exact) mass is 395 g/mol. The SMILES string of the molecule is CC(=O)Nc1ccc(S(=O)(=O)Nc2ccc(N(C)C(C)=O)cc2)cc1Cl. The van der Waals surface area contributed by atoms with Crippen molar-refractivity contribution < 1.29 is 18.0 Å². The van der Waals surface area contributed by atoms with Gasteiger partial charge in [0.05, 0.1) is 15.6 Å². The Kier molecular flexibility index (Phi) is 5.89. The molecule has 0 aliphatic carbocycles. The van der Waals surface area contributed by atoms with Crippen LogP contribution in [0.4, 0.5) is 17.1 Å². The Morgan fingerprint density at radius 1 is 1.04 bits per heavy atom. The van der Waals surface area contributed by atoms with Crippen molar-refractivity contribution in [3.05, 3.63) is 47.5 Å². The molecular weight excluding hydrogens is 378 g/mol. The number of halogens is 1. The molecule has 7 nitrogen and oxygen atoms in total. The smallest absolute Gasteiger partial charge is 0.261 e. The van der Waals surface area contributed by atoms with Crippen LogP contribution in [0, 0.1) is 0 Å². The zero-order valence-electron chi connectivity index (χ0n) is 14.4. The first-order chi connectivity index (χ1) is 12.1. The molecule has 0 heterocycles. The number of nitrogens with zero attached hydrogens (tertiary/aromatic N) is 1. The molecule has 0 aliphatic rings. The summed E-state index contributed by atoms with van der Waals surface area (Å²) in [6.45, 7) is 2.76. The van der Waals surface area contributed by atoms with E-state index in [1.165, 1.54) is 36.9 Å². The minimum Gasteiger partial charge on any atom is -0.325 e. The Morgan fingerprint density at radius 2 is 1.65 bits per heavy atom. The fourth-order valence-corrected chi connectivity index (χ4v) is 3.48. The van der Waals surface area contributed by atoms with Gasteiger partial charge in [0.25, 0.3) is 10.0 Å². The summed E-state index contributed by atoms with van der Waals surface area (Å²) in [5, 5.41) is 2.62. The average molecular weight is 396 g/mol. The summed E-state index contributed by atoms with van der Waals surface area (Å²) in [7, 11) is -2.23. The lowest BCUT2D eigenvalue weighted by Crippen LogP contribution is -2.22. The molecule has 0 fully saturated rings. The average Bonchev–Trinajstić information content (AvgIpc) is 2.56. The number of benzene rings is 2. The van der Waals surface area contributed by atoms with Gasteiger partial charge in [0.15, 0.2) is 0 Å². The van der Waals surface area contributed by atoms with Gasteiger partial charge >= 0.3 is 0 Å². The zero-order chi connectivity index (χ0) is 19.5. The molecule has 0 spiro atoms. The molecule has 2 aromatic rings. The Hall–Kier alpha value is -2.58. The van der Waals surface area contributed by atoms with Crippen molar-refractivity contribution in [2.24, 2.45) is 0 Å². The normalized spacial score (nSPS) is 10.9. The molecule has 9 heteroatoms. The Bertz CT molecular complexity index is 943. The van der Waals surface area contributed by atoms with Gasteiger partial charge in [-0.15, -0.1) is 0 Å².